The summed E-state index contributed by atoms with van der Waals surface area (Å²) < 4.78 is 0. The van der Waals surface area contributed by atoms with Gasteiger partial charge in [0.25, 0.3) is 0 Å². The normalized spacial score (nSPS) is 9.31. The first-order chi connectivity index (χ1) is 7.52. The van der Waals surface area contributed by atoms with Crippen LogP contribution in [-0.4, -0.2) is 27.1 Å². The van der Waals surface area contributed by atoms with Crippen LogP contribution in [0, 0.1) is 6.92 Å². The third-order valence-electron chi connectivity index (χ3n) is 1.98. The highest BCUT2D eigenvalue weighted by atomic mass is 16.4. The smallest absolute Gasteiger partial charge is 0.414 e. The fraction of sp³-hybridized carbons (Fsp3) is 0.0909. The second-order valence-electron chi connectivity index (χ2n) is 3.13. The maximum absolute atomic E-state index is 9.10. The van der Waals surface area contributed by atoms with Gasteiger partial charge in [0.2, 0.25) is 0 Å². The van der Waals surface area contributed by atoms with E-state index in [9.17, 15) is 0 Å². The van der Waals surface area contributed by atoms with Crippen molar-refractivity contribution in [1.82, 2.24) is 4.98 Å². The summed E-state index contributed by atoms with van der Waals surface area (Å²) in [6.07, 6.45) is 2.03. The summed E-state index contributed by atoms with van der Waals surface area (Å²) in [5.74, 6) is -3.65. The number of H-pyrrole nitrogens is 1. The van der Waals surface area contributed by atoms with E-state index in [1.165, 1.54) is 16.5 Å². The molecule has 3 N–H and O–H groups in total. The Morgan fingerprint density at radius 3 is 2.19 bits per heavy atom. The van der Waals surface area contributed by atoms with Gasteiger partial charge in [-0.2, -0.15) is 0 Å². The molecule has 5 nitrogen and oxygen atoms in total. The van der Waals surface area contributed by atoms with Gasteiger partial charge in [-0.3, -0.25) is 0 Å². The molecule has 0 aliphatic heterocycles. The lowest BCUT2D eigenvalue weighted by molar-refractivity contribution is -0.159. The number of aromatic nitrogens is 1. The van der Waals surface area contributed by atoms with Gasteiger partial charge in [0.1, 0.15) is 0 Å². The van der Waals surface area contributed by atoms with Gasteiger partial charge >= 0.3 is 11.9 Å². The van der Waals surface area contributed by atoms with Crippen LogP contribution in [0.4, 0.5) is 0 Å². The predicted molar refractivity (Wildman–Crippen MR) is 58.3 cm³/mol. The van der Waals surface area contributed by atoms with Gasteiger partial charge in [0, 0.05) is 17.1 Å². The standard InChI is InChI=1S/C9H9N.C2H2O4/c1-7-6-10-9-5-3-2-4-8(7)9;3-1(4)2(5)6/h2-6,10H,1H3;(H,3,4)(H,5,6). The molecule has 16 heavy (non-hydrogen) atoms. The van der Waals surface area contributed by atoms with Crippen molar-refractivity contribution in [3.63, 3.8) is 0 Å². The summed E-state index contributed by atoms with van der Waals surface area (Å²) in [5.41, 5.74) is 2.54. The summed E-state index contributed by atoms with van der Waals surface area (Å²) in [4.78, 5) is 21.4. The number of hydrogen-bond donors (Lipinski definition) is 3. The van der Waals surface area contributed by atoms with E-state index in [0.29, 0.717) is 0 Å². The molecular formula is C11H11NO4. The van der Waals surface area contributed by atoms with E-state index in [1.807, 2.05) is 12.3 Å². The number of aliphatic carboxylic acids is 2. The van der Waals surface area contributed by atoms with Crippen LogP contribution in [0.15, 0.2) is 30.5 Å². The highest BCUT2D eigenvalue weighted by Gasteiger charge is 2.04. The van der Waals surface area contributed by atoms with Gasteiger partial charge in [-0.15, -0.1) is 0 Å². The summed E-state index contributed by atoms with van der Waals surface area (Å²) in [5, 5.41) is 16.1. The molecule has 5 heteroatoms. The van der Waals surface area contributed by atoms with Crippen molar-refractivity contribution >= 4 is 22.8 Å². The lowest BCUT2D eigenvalue weighted by Gasteiger charge is -1.86. The van der Waals surface area contributed by atoms with Crippen LogP contribution in [0.3, 0.4) is 0 Å². The number of fused-ring (bicyclic) bond motifs is 1. The molecule has 0 bridgehead atoms. The van der Waals surface area contributed by atoms with Crippen LogP contribution in [0.5, 0.6) is 0 Å². The lowest BCUT2D eigenvalue weighted by Crippen LogP contribution is -2.09. The quantitative estimate of drug-likeness (QED) is 0.590. The molecule has 84 valence electrons. The molecule has 0 atom stereocenters. The highest BCUT2D eigenvalue weighted by Crippen LogP contribution is 2.15. The van der Waals surface area contributed by atoms with Gasteiger partial charge in [0.15, 0.2) is 0 Å². The summed E-state index contributed by atoms with van der Waals surface area (Å²) >= 11 is 0. The number of carboxylic acids is 2. The number of aryl methyl sites for hydroxylation is 1. The highest BCUT2D eigenvalue weighted by molar-refractivity contribution is 6.27. The Morgan fingerprint density at radius 1 is 1.12 bits per heavy atom. The Morgan fingerprint density at radius 2 is 1.69 bits per heavy atom. The summed E-state index contributed by atoms with van der Waals surface area (Å²) in [7, 11) is 0. The van der Waals surface area contributed by atoms with E-state index in [4.69, 9.17) is 19.8 Å². The van der Waals surface area contributed by atoms with E-state index in [-0.39, 0.29) is 0 Å². The van der Waals surface area contributed by atoms with E-state index in [0.717, 1.165) is 0 Å². The zero-order valence-corrected chi connectivity index (χ0v) is 8.60. The minimum Gasteiger partial charge on any atom is -0.473 e. The zero-order chi connectivity index (χ0) is 12.1. The van der Waals surface area contributed by atoms with Crippen LogP contribution in [0.25, 0.3) is 10.9 Å². The van der Waals surface area contributed by atoms with Crippen molar-refractivity contribution in [2.75, 3.05) is 0 Å². The summed E-state index contributed by atoms with van der Waals surface area (Å²) in [6.45, 7) is 2.11. The minimum atomic E-state index is -1.82. The molecule has 0 aliphatic rings. The molecule has 0 spiro atoms. The molecule has 0 saturated carbocycles. The number of rotatable bonds is 0. The van der Waals surface area contributed by atoms with E-state index in [1.54, 1.807) is 0 Å². The Bertz CT molecular complexity index is 503. The average molecular weight is 221 g/mol. The number of nitrogens with one attached hydrogen (secondary N) is 1. The van der Waals surface area contributed by atoms with Crippen molar-refractivity contribution in [3.8, 4) is 0 Å². The van der Waals surface area contributed by atoms with Gasteiger partial charge in [-0.05, 0) is 18.6 Å². The first-order valence-corrected chi connectivity index (χ1v) is 4.51. The number of carboxylic acid groups (broad SMARTS) is 2. The molecule has 0 amide bonds. The largest absolute Gasteiger partial charge is 0.473 e. The number of hydrogen-bond acceptors (Lipinski definition) is 2. The minimum absolute atomic E-state index is 1.22. The zero-order valence-electron chi connectivity index (χ0n) is 8.60. The Hall–Kier alpha value is -2.30. The molecule has 2 rings (SSSR count). The maximum Gasteiger partial charge on any atom is 0.414 e. The maximum atomic E-state index is 9.10. The van der Waals surface area contributed by atoms with Crippen molar-refractivity contribution in [1.29, 1.82) is 0 Å². The second-order valence-corrected chi connectivity index (χ2v) is 3.13. The topological polar surface area (TPSA) is 90.4 Å². The van der Waals surface area contributed by atoms with Crippen molar-refractivity contribution in [2.45, 2.75) is 6.92 Å². The monoisotopic (exact) mass is 221 g/mol. The van der Waals surface area contributed by atoms with E-state index in [2.05, 4.69) is 30.1 Å². The molecule has 1 heterocycles. The third-order valence-corrected chi connectivity index (χ3v) is 1.98. The van der Waals surface area contributed by atoms with Gasteiger partial charge in [0.05, 0.1) is 0 Å². The molecule has 0 aliphatic carbocycles. The predicted octanol–water partition coefficient (Wildman–Crippen LogP) is 1.63. The van der Waals surface area contributed by atoms with Crippen molar-refractivity contribution in [3.05, 3.63) is 36.0 Å². The van der Waals surface area contributed by atoms with Crippen LogP contribution in [0.1, 0.15) is 5.56 Å². The van der Waals surface area contributed by atoms with Crippen LogP contribution in [-0.2, 0) is 9.59 Å². The number of benzene rings is 1. The number of aromatic amines is 1. The Labute approximate surface area is 91.3 Å². The molecule has 1 aromatic heterocycles. The molecule has 0 unspecified atom stereocenters. The molecule has 0 fully saturated rings. The SMILES string of the molecule is Cc1c[nH]c2ccccc12.O=C(O)C(=O)O. The van der Waals surface area contributed by atoms with E-state index >= 15 is 0 Å². The Balaban J connectivity index is 0.000000187. The van der Waals surface area contributed by atoms with Gasteiger partial charge in [-0.1, -0.05) is 18.2 Å². The Kier molecular flexibility index (Phi) is 3.66. The molecule has 1 aromatic carbocycles. The van der Waals surface area contributed by atoms with Crippen LogP contribution < -0.4 is 0 Å². The van der Waals surface area contributed by atoms with Gasteiger partial charge < -0.3 is 15.2 Å². The van der Waals surface area contributed by atoms with Gasteiger partial charge in [-0.25, -0.2) is 9.59 Å². The van der Waals surface area contributed by atoms with Crippen molar-refractivity contribution in [2.24, 2.45) is 0 Å². The van der Waals surface area contributed by atoms with Crippen LogP contribution in [0.2, 0.25) is 0 Å². The summed E-state index contributed by atoms with van der Waals surface area (Å²) in [6, 6.07) is 8.31. The molecule has 0 radical (unpaired) electrons. The van der Waals surface area contributed by atoms with E-state index < -0.39 is 11.9 Å². The van der Waals surface area contributed by atoms with Crippen LogP contribution >= 0.6 is 0 Å². The second kappa shape index (κ2) is 4.97. The fourth-order valence-electron chi connectivity index (χ4n) is 1.22. The molecule has 2 aromatic rings. The number of para-hydroxylation sites is 1. The third kappa shape index (κ3) is 2.84. The van der Waals surface area contributed by atoms with Crippen molar-refractivity contribution < 1.29 is 19.8 Å². The first-order valence-electron chi connectivity index (χ1n) is 4.51. The number of carbonyl (C=O) groups is 2. The average Bonchev–Trinajstić information content (AvgIpc) is 2.62. The molecule has 0 saturated heterocycles. The first kappa shape index (κ1) is 11.8. The lowest BCUT2D eigenvalue weighted by atomic mass is 10.2. The molecular weight excluding hydrogens is 210 g/mol. The fourth-order valence-corrected chi connectivity index (χ4v) is 1.22.